The van der Waals surface area contributed by atoms with Crippen LogP contribution in [0.4, 0.5) is 0 Å². The van der Waals surface area contributed by atoms with E-state index < -0.39 is 0 Å². The number of para-hydroxylation sites is 1. The first kappa shape index (κ1) is 22.7. The van der Waals surface area contributed by atoms with Gasteiger partial charge in [0.2, 0.25) is 6.41 Å². The van der Waals surface area contributed by atoms with Gasteiger partial charge in [-0.05, 0) is 31.5 Å². The van der Waals surface area contributed by atoms with E-state index in [1.165, 1.54) is 32.6 Å². The number of hydrogen-bond donors (Lipinski definition) is 1. The Morgan fingerprint density at radius 3 is 2.55 bits per heavy atom. The van der Waals surface area contributed by atoms with Crippen LogP contribution < -0.4 is 11.1 Å². The van der Waals surface area contributed by atoms with Crippen LogP contribution in [0.2, 0.25) is 0 Å². The van der Waals surface area contributed by atoms with Crippen molar-refractivity contribution in [2.45, 2.75) is 24.8 Å². The molecule has 10 heteroatoms. The zero-order valence-corrected chi connectivity index (χ0v) is 19.6. The van der Waals surface area contributed by atoms with Crippen molar-refractivity contribution in [3.8, 4) is 0 Å². The highest BCUT2D eigenvalue weighted by atomic mass is 32.2. The van der Waals surface area contributed by atoms with Crippen molar-refractivity contribution in [1.82, 2.24) is 24.4 Å². The Hall–Kier alpha value is -2.98. The number of fused-ring (bicyclic) bond motifs is 2. The molecular formula is C21H23N5O3S2. The van der Waals surface area contributed by atoms with Crippen LogP contribution in [0, 0.1) is 13.8 Å². The molecular weight excluding hydrogens is 434 g/mol. The van der Waals surface area contributed by atoms with Gasteiger partial charge in [0.25, 0.3) is 11.1 Å². The summed E-state index contributed by atoms with van der Waals surface area (Å²) in [7, 11) is 5.08. The van der Waals surface area contributed by atoms with Crippen LogP contribution in [0.5, 0.6) is 0 Å². The lowest BCUT2D eigenvalue weighted by Gasteiger charge is -2.08. The molecule has 0 spiro atoms. The summed E-state index contributed by atoms with van der Waals surface area (Å²) < 4.78 is 1.53. The SMILES string of the molecule is CN(C)C=O.Cc1sc2nc(CSc3nc4ccccc4c(=O)n3C)[nH]c(=O)c2c1C. The number of hydrogen-bond acceptors (Lipinski definition) is 7. The second kappa shape index (κ2) is 9.44. The fraction of sp³-hybridized carbons (Fsp3) is 0.286. The van der Waals surface area contributed by atoms with Crippen LogP contribution in [0.15, 0.2) is 39.0 Å². The van der Waals surface area contributed by atoms with Crippen LogP contribution in [0.3, 0.4) is 0 Å². The normalized spacial score (nSPS) is 10.7. The Labute approximate surface area is 187 Å². The number of H-pyrrole nitrogens is 1. The molecule has 0 aliphatic carbocycles. The number of amides is 1. The van der Waals surface area contributed by atoms with E-state index in [2.05, 4.69) is 15.0 Å². The van der Waals surface area contributed by atoms with Gasteiger partial charge in [0, 0.05) is 26.0 Å². The highest BCUT2D eigenvalue weighted by Crippen LogP contribution is 2.27. The minimum Gasteiger partial charge on any atom is -0.351 e. The van der Waals surface area contributed by atoms with Gasteiger partial charge in [-0.3, -0.25) is 19.0 Å². The van der Waals surface area contributed by atoms with Gasteiger partial charge in [0.05, 0.1) is 22.0 Å². The molecule has 1 N–H and O–H groups in total. The third-order valence-corrected chi connectivity index (χ3v) is 6.72. The predicted octanol–water partition coefficient (Wildman–Crippen LogP) is 2.85. The first-order valence-electron chi connectivity index (χ1n) is 9.42. The summed E-state index contributed by atoms with van der Waals surface area (Å²) in [6.45, 7) is 3.93. The molecule has 0 unspecified atom stereocenters. The summed E-state index contributed by atoms with van der Waals surface area (Å²) >= 11 is 2.91. The average Bonchev–Trinajstić information content (AvgIpc) is 3.04. The van der Waals surface area contributed by atoms with Gasteiger partial charge in [-0.2, -0.15) is 0 Å². The van der Waals surface area contributed by atoms with E-state index in [1.807, 2.05) is 32.0 Å². The predicted molar refractivity (Wildman–Crippen MR) is 126 cm³/mol. The maximum Gasteiger partial charge on any atom is 0.261 e. The highest BCUT2D eigenvalue weighted by molar-refractivity contribution is 7.98. The van der Waals surface area contributed by atoms with Gasteiger partial charge >= 0.3 is 0 Å². The molecule has 0 aliphatic rings. The maximum atomic E-state index is 12.5. The number of benzene rings is 1. The number of aromatic amines is 1. The van der Waals surface area contributed by atoms with Crippen molar-refractivity contribution in [3.63, 3.8) is 0 Å². The summed E-state index contributed by atoms with van der Waals surface area (Å²) in [6.07, 6.45) is 0.750. The van der Waals surface area contributed by atoms with Crippen molar-refractivity contribution in [2.75, 3.05) is 14.1 Å². The van der Waals surface area contributed by atoms with Crippen molar-refractivity contribution in [3.05, 3.63) is 61.2 Å². The summed E-state index contributed by atoms with van der Waals surface area (Å²) in [6, 6.07) is 7.28. The minimum absolute atomic E-state index is 0.0838. The minimum atomic E-state index is -0.118. The smallest absolute Gasteiger partial charge is 0.261 e. The van der Waals surface area contributed by atoms with Gasteiger partial charge in [-0.15, -0.1) is 11.3 Å². The number of carbonyl (C=O) groups excluding carboxylic acids is 1. The summed E-state index contributed by atoms with van der Waals surface area (Å²) in [4.78, 5) is 49.5. The molecule has 3 aromatic heterocycles. The molecule has 0 saturated carbocycles. The highest BCUT2D eigenvalue weighted by Gasteiger charge is 2.13. The molecule has 1 amide bonds. The number of aromatic nitrogens is 4. The van der Waals surface area contributed by atoms with Gasteiger partial charge in [-0.1, -0.05) is 23.9 Å². The Balaban J connectivity index is 0.000000491. The van der Waals surface area contributed by atoms with Gasteiger partial charge in [-0.25, -0.2) is 9.97 Å². The molecule has 0 aliphatic heterocycles. The standard InChI is InChI=1S/C18H16N4O2S2.C3H7NO/c1-9-10(2)26-16-14(9)15(23)20-13(21-16)8-25-18-19-12-7-5-4-6-11(12)17(24)22(18)3;1-4(2)3-5/h4-7H,8H2,1-3H3,(H,20,21,23);3H,1-2H3. The van der Waals surface area contributed by atoms with Crippen LogP contribution in [0.1, 0.15) is 16.3 Å². The number of aryl methyl sites for hydroxylation is 2. The van der Waals surface area contributed by atoms with E-state index in [1.54, 1.807) is 27.2 Å². The molecule has 31 heavy (non-hydrogen) atoms. The third-order valence-electron chi connectivity index (χ3n) is 4.58. The third kappa shape index (κ3) is 4.86. The second-order valence-corrected chi connectivity index (χ2v) is 9.26. The fourth-order valence-electron chi connectivity index (χ4n) is 2.83. The molecule has 4 rings (SSSR count). The molecule has 3 heterocycles. The molecule has 0 atom stereocenters. The molecule has 4 aromatic rings. The summed E-state index contributed by atoms with van der Waals surface area (Å²) in [5.41, 5.74) is 1.45. The van der Waals surface area contributed by atoms with E-state index in [9.17, 15) is 14.4 Å². The first-order chi connectivity index (χ1) is 14.7. The lowest BCUT2D eigenvalue weighted by atomic mass is 10.2. The van der Waals surface area contributed by atoms with Crippen molar-refractivity contribution in [1.29, 1.82) is 0 Å². The number of rotatable bonds is 4. The summed E-state index contributed by atoms with van der Waals surface area (Å²) in [5.74, 6) is 1.01. The van der Waals surface area contributed by atoms with Crippen LogP contribution >= 0.6 is 23.1 Å². The lowest BCUT2D eigenvalue weighted by molar-refractivity contribution is -0.115. The summed E-state index contributed by atoms with van der Waals surface area (Å²) in [5, 5.41) is 1.85. The molecule has 1 aromatic carbocycles. The number of nitrogens with zero attached hydrogens (tertiary/aromatic N) is 4. The number of thioether (sulfide) groups is 1. The van der Waals surface area contributed by atoms with Crippen LogP contribution in [0.25, 0.3) is 21.1 Å². The lowest BCUT2D eigenvalue weighted by Crippen LogP contribution is -2.20. The molecule has 0 bridgehead atoms. The Morgan fingerprint density at radius 1 is 1.19 bits per heavy atom. The van der Waals surface area contributed by atoms with E-state index in [0.29, 0.717) is 33.0 Å². The molecule has 0 fully saturated rings. The number of carbonyl (C=O) groups is 1. The van der Waals surface area contributed by atoms with E-state index >= 15 is 0 Å². The largest absolute Gasteiger partial charge is 0.351 e. The van der Waals surface area contributed by atoms with E-state index in [0.717, 1.165) is 21.7 Å². The van der Waals surface area contributed by atoms with E-state index in [4.69, 9.17) is 0 Å². The topological polar surface area (TPSA) is 101 Å². The Kier molecular flexibility index (Phi) is 6.91. The van der Waals surface area contributed by atoms with Gasteiger partial charge < -0.3 is 9.88 Å². The van der Waals surface area contributed by atoms with Gasteiger partial charge in [0.15, 0.2) is 5.16 Å². The zero-order valence-electron chi connectivity index (χ0n) is 17.9. The molecule has 162 valence electrons. The number of thiophene rings is 1. The number of nitrogens with one attached hydrogen (secondary N) is 1. The van der Waals surface area contributed by atoms with Crippen LogP contribution in [-0.4, -0.2) is 44.9 Å². The zero-order chi connectivity index (χ0) is 22.7. The molecule has 8 nitrogen and oxygen atoms in total. The van der Waals surface area contributed by atoms with E-state index in [-0.39, 0.29) is 11.1 Å². The average molecular weight is 458 g/mol. The Morgan fingerprint density at radius 2 is 1.87 bits per heavy atom. The monoisotopic (exact) mass is 457 g/mol. The Bertz CT molecular complexity index is 1370. The first-order valence-corrected chi connectivity index (χ1v) is 11.2. The van der Waals surface area contributed by atoms with Crippen molar-refractivity contribution in [2.24, 2.45) is 7.05 Å². The fourth-order valence-corrected chi connectivity index (χ4v) is 4.72. The van der Waals surface area contributed by atoms with Gasteiger partial charge in [0.1, 0.15) is 10.7 Å². The van der Waals surface area contributed by atoms with Crippen molar-refractivity contribution >= 4 is 50.6 Å². The van der Waals surface area contributed by atoms with Crippen LogP contribution in [-0.2, 0) is 17.6 Å². The molecule has 0 saturated heterocycles. The second-order valence-electron chi connectivity index (χ2n) is 7.11. The van der Waals surface area contributed by atoms with Crippen molar-refractivity contribution < 1.29 is 4.79 Å². The molecule has 0 radical (unpaired) electrons. The maximum absolute atomic E-state index is 12.5. The quantitative estimate of drug-likeness (QED) is 0.287.